The van der Waals surface area contributed by atoms with E-state index in [1.54, 1.807) is 18.3 Å². The third-order valence-electron chi connectivity index (χ3n) is 5.32. The highest BCUT2D eigenvalue weighted by Gasteiger charge is 2.17. The number of rotatable bonds is 6. The fraction of sp³-hybridized carbons (Fsp3) is 0.318. The maximum atomic E-state index is 13.2. The van der Waals surface area contributed by atoms with Gasteiger partial charge in [0.1, 0.15) is 5.82 Å². The molecule has 0 bridgehead atoms. The first-order valence-electron chi connectivity index (χ1n) is 10.0. The Morgan fingerprint density at radius 3 is 2.73 bits per heavy atom. The number of hydrogen-bond donors (Lipinski definition) is 0. The molecule has 7 nitrogen and oxygen atoms in total. The maximum Gasteiger partial charge on any atom is 0.270 e. The molecule has 156 valence electrons. The van der Waals surface area contributed by atoms with E-state index in [0.717, 1.165) is 44.8 Å². The largest absolute Gasteiger partial charge is 0.441 e. The van der Waals surface area contributed by atoms with E-state index >= 15 is 0 Å². The molecule has 30 heavy (non-hydrogen) atoms. The average Bonchev–Trinajstić information content (AvgIpc) is 3.11. The van der Waals surface area contributed by atoms with Crippen molar-refractivity contribution in [1.82, 2.24) is 9.88 Å². The van der Waals surface area contributed by atoms with Crippen LogP contribution in [0, 0.1) is 15.9 Å². The standard InChI is InChI=1S/C22H23FN4O3/c23-18-5-7-19(8-6-18)26-11-2-10-25(13-14-26)12-9-22-24-16-21(30-22)17-3-1-4-20(15-17)27(28)29/h1,3-8,15-16H,2,9-14H2. The molecule has 3 aromatic rings. The van der Waals surface area contributed by atoms with E-state index < -0.39 is 4.92 Å². The van der Waals surface area contributed by atoms with E-state index in [1.165, 1.54) is 24.3 Å². The molecule has 0 atom stereocenters. The van der Waals surface area contributed by atoms with Crippen molar-refractivity contribution in [1.29, 1.82) is 0 Å². The van der Waals surface area contributed by atoms with E-state index in [2.05, 4.69) is 14.8 Å². The van der Waals surface area contributed by atoms with Gasteiger partial charge in [0.05, 0.1) is 11.1 Å². The van der Waals surface area contributed by atoms with E-state index in [9.17, 15) is 14.5 Å². The van der Waals surface area contributed by atoms with Crippen LogP contribution >= 0.6 is 0 Å². The SMILES string of the molecule is O=[N+]([O-])c1cccc(-c2cnc(CCN3CCCN(c4ccc(F)cc4)CC3)o2)c1. The van der Waals surface area contributed by atoms with E-state index in [1.807, 2.05) is 12.1 Å². The first-order chi connectivity index (χ1) is 14.6. The molecule has 1 aliphatic heterocycles. The van der Waals surface area contributed by atoms with Crippen LogP contribution < -0.4 is 4.90 Å². The third-order valence-corrected chi connectivity index (χ3v) is 5.32. The van der Waals surface area contributed by atoms with Crippen LogP contribution in [0.5, 0.6) is 0 Å². The molecule has 8 heteroatoms. The molecule has 0 amide bonds. The van der Waals surface area contributed by atoms with Crippen molar-refractivity contribution < 1.29 is 13.7 Å². The molecular weight excluding hydrogens is 387 g/mol. The van der Waals surface area contributed by atoms with Gasteiger partial charge in [0, 0.05) is 56.0 Å². The van der Waals surface area contributed by atoms with Crippen LogP contribution in [-0.4, -0.2) is 47.5 Å². The average molecular weight is 410 g/mol. The van der Waals surface area contributed by atoms with Gasteiger partial charge in [0.25, 0.3) is 5.69 Å². The Kier molecular flexibility index (Phi) is 6.04. The summed E-state index contributed by atoms with van der Waals surface area (Å²) < 4.78 is 19.0. The summed E-state index contributed by atoms with van der Waals surface area (Å²) in [5.74, 6) is 0.939. The summed E-state index contributed by atoms with van der Waals surface area (Å²) in [6.45, 7) is 4.55. The van der Waals surface area contributed by atoms with Gasteiger partial charge in [-0.25, -0.2) is 9.37 Å². The van der Waals surface area contributed by atoms with Gasteiger partial charge in [0.2, 0.25) is 0 Å². The fourth-order valence-electron chi connectivity index (χ4n) is 3.69. The summed E-state index contributed by atoms with van der Waals surface area (Å²) in [5.41, 5.74) is 1.72. The van der Waals surface area contributed by atoms with Gasteiger partial charge in [-0.1, -0.05) is 12.1 Å². The zero-order chi connectivity index (χ0) is 20.9. The lowest BCUT2D eigenvalue weighted by atomic mass is 10.2. The van der Waals surface area contributed by atoms with Gasteiger partial charge >= 0.3 is 0 Å². The Morgan fingerprint density at radius 2 is 1.93 bits per heavy atom. The zero-order valence-electron chi connectivity index (χ0n) is 16.5. The van der Waals surface area contributed by atoms with Crippen molar-refractivity contribution >= 4 is 11.4 Å². The molecule has 1 aliphatic rings. The third kappa shape index (κ3) is 4.83. The molecule has 1 saturated heterocycles. The molecule has 4 rings (SSSR count). The Morgan fingerprint density at radius 1 is 1.10 bits per heavy atom. The summed E-state index contributed by atoms with van der Waals surface area (Å²) in [6.07, 6.45) is 3.32. The lowest BCUT2D eigenvalue weighted by Crippen LogP contribution is -2.32. The van der Waals surface area contributed by atoms with Crippen molar-refractivity contribution in [2.75, 3.05) is 37.6 Å². The number of halogens is 1. The quantitative estimate of drug-likeness (QED) is 0.449. The molecule has 0 spiro atoms. The van der Waals surface area contributed by atoms with Crippen molar-refractivity contribution in [3.05, 3.63) is 76.6 Å². The number of non-ortho nitro benzene ring substituents is 1. The number of oxazole rings is 1. The summed E-state index contributed by atoms with van der Waals surface area (Å²) in [6, 6.07) is 13.0. The van der Waals surface area contributed by atoms with Crippen LogP contribution in [0.1, 0.15) is 12.3 Å². The van der Waals surface area contributed by atoms with Crippen molar-refractivity contribution in [3.8, 4) is 11.3 Å². The predicted molar refractivity (Wildman–Crippen MR) is 112 cm³/mol. The minimum absolute atomic E-state index is 0.0284. The van der Waals surface area contributed by atoms with E-state index in [0.29, 0.717) is 23.6 Å². The van der Waals surface area contributed by atoms with Crippen molar-refractivity contribution in [3.63, 3.8) is 0 Å². The summed E-state index contributed by atoms with van der Waals surface area (Å²) in [4.78, 5) is 19.5. The van der Waals surface area contributed by atoms with Crippen LogP contribution in [0.25, 0.3) is 11.3 Å². The van der Waals surface area contributed by atoms with Crippen LogP contribution in [0.4, 0.5) is 15.8 Å². The second kappa shape index (κ2) is 9.04. The Labute approximate surface area is 173 Å². The van der Waals surface area contributed by atoms with Crippen LogP contribution in [0.3, 0.4) is 0 Å². The summed E-state index contributed by atoms with van der Waals surface area (Å²) in [5, 5.41) is 11.0. The van der Waals surface area contributed by atoms with Crippen molar-refractivity contribution in [2.24, 2.45) is 0 Å². The highest BCUT2D eigenvalue weighted by molar-refractivity contribution is 5.60. The smallest absolute Gasteiger partial charge is 0.270 e. The van der Waals surface area contributed by atoms with Crippen LogP contribution in [0.15, 0.2) is 59.1 Å². The first-order valence-corrected chi connectivity index (χ1v) is 10.0. The van der Waals surface area contributed by atoms with Gasteiger partial charge < -0.3 is 14.2 Å². The number of aromatic nitrogens is 1. The molecule has 0 saturated carbocycles. The fourth-order valence-corrected chi connectivity index (χ4v) is 3.69. The number of nitro groups is 1. The van der Waals surface area contributed by atoms with Crippen LogP contribution in [-0.2, 0) is 6.42 Å². The molecule has 1 aromatic heterocycles. The van der Waals surface area contributed by atoms with Gasteiger partial charge in [-0.05, 0) is 37.2 Å². The lowest BCUT2D eigenvalue weighted by Gasteiger charge is -2.23. The molecule has 0 radical (unpaired) electrons. The van der Waals surface area contributed by atoms with E-state index in [4.69, 9.17) is 4.42 Å². The highest BCUT2D eigenvalue weighted by atomic mass is 19.1. The number of hydrogen-bond acceptors (Lipinski definition) is 6. The minimum Gasteiger partial charge on any atom is -0.441 e. The summed E-state index contributed by atoms with van der Waals surface area (Å²) >= 11 is 0. The molecule has 0 unspecified atom stereocenters. The van der Waals surface area contributed by atoms with Gasteiger partial charge in [0.15, 0.2) is 11.7 Å². The van der Waals surface area contributed by atoms with Crippen molar-refractivity contribution in [2.45, 2.75) is 12.8 Å². The molecule has 0 aliphatic carbocycles. The molecule has 2 heterocycles. The van der Waals surface area contributed by atoms with Gasteiger partial charge in [-0.15, -0.1) is 0 Å². The van der Waals surface area contributed by atoms with Crippen LogP contribution in [0.2, 0.25) is 0 Å². The van der Waals surface area contributed by atoms with Gasteiger partial charge in [-0.3, -0.25) is 10.1 Å². The topological polar surface area (TPSA) is 75.7 Å². The number of benzene rings is 2. The predicted octanol–water partition coefficient (Wildman–Crippen LogP) is 4.14. The Bertz CT molecular complexity index is 1010. The zero-order valence-corrected chi connectivity index (χ0v) is 16.5. The second-order valence-electron chi connectivity index (χ2n) is 7.33. The Balaban J connectivity index is 1.33. The monoisotopic (exact) mass is 410 g/mol. The normalized spacial score (nSPS) is 15.2. The lowest BCUT2D eigenvalue weighted by molar-refractivity contribution is -0.384. The maximum absolute atomic E-state index is 13.2. The van der Waals surface area contributed by atoms with E-state index in [-0.39, 0.29) is 11.5 Å². The molecule has 1 fully saturated rings. The molecule has 0 N–H and O–H groups in total. The number of nitrogens with zero attached hydrogens (tertiary/aromatic N) is 4. The second-order valence-corrected chi connectivity index (χ2v) is 7.33. The highest BCUT2D eigenvalue weighted by Crippen LogP contribution is 2.25. The van der Waals surface area contributed by atoms with Gasteiger partial charge in [-0.2, -0.15) is 0 Å². The molecular formula is C22H23FN4O3. The summed E-state index contributed by atoms with van der Waals surface area (Å²) in [7, 11) is 0. The Hall–Kier alpha value is -3.26. The first kappa shape index (κ1) is 20.0. The number of nitro benzene ring substituents is 1. The molecule has 2 aromatic carbocycles. The number of anilines is 1. The minimum atomic E-state index is -0.421.